The van der Waals surface area contributed by atoms with E-state index in [1.165, 1.54) is 24.3 Å². The number of carbonyl (C=O) groups is 2. The third-order valence-corrected chi connectivity index (χ3v) is 6.03. The van der Waals surface area contributed by atoms with Gasteiger partial charge in [-0.3, -0.25) is 9.59 Å². The minimum absolute atomic E-state index is 0.0176. The summed E-state index contributed by atoms with van der Waals surface area (Å²) in [7, 11) is 0. The molecule has 8 heteroatoms. The Labute approximate surface area is 207 Å². The first kappa shape index (κ1) is 25.9. The first-order valence-corrected chi connectivity index (χ1v) is 10.9. The zero-order valence-corrected chi connectivity index (χ0v) is 19.5. The lowest BCUT2D eigenvalue weighted by Crippen LogP contribution is -2.27. The monoisotopic (exact) mass is 490 g/mol. The van der Waals surface area contributed by atoms with Gasteiger partial charge in [0.15, 0.2) is 5.78 Å². The molecule has 0 aromatic heterocycles. The van der Waals surface area contributed by atoms with E-state index in [-0.39, 0.29) is 48.0 Å². The number of aromatic hydroxyl groups is 3. The molecule has 0 fully saturated rings. The van der Waals surface area contributed by atoms with Crippen molar-refractivity contribution in [3.63, 3.8) is 0 Å². The van der Waals surface area contributed by atoms with Crippen LogP contribution >= 0.6 is 0 Å². The minimum Gasteiger partial charge on any atom is -0.507 e. The van der Waals surface area contributed by atoms with Crippen molar-refractivity contribution in [3.8, 4) is 17.2 Å². The van der Waals surface area contributed by atoms with Crippen LogP contribution in [0, 0.1) is 0 Å². The molecule has 0 bridgehead atoms. The molecule has 0 spiro atoms. The zero-order valence-electron chi connectivity index (χ0n) is 19.5. The highest BCUT2D eigenvalue weighted by atomic mass is 16.3. The van der Waals surface area contributed by atoms with E-state index in [1.54, 1.807) is 0 Å². The van der Waals surface area contributed by atoms with E-state index < -0.39 is 68.4 Å². The highest BCUT2D eigenvalue weighted by Gasteiger charge is 2.45. The Bertz CT molecular complexity index is 1300. The van der Waals surface area contributed by atoms with Crippen LogP contribution in [0.25, 0.3) is 5.57 Å². The van der Waals surface area contributed by atoms with Crippen molar-refractivity contribution in [3.05, 3.63) is 107 Å². The lowest BCUT2D eigenvalue weighted by Gasteiger charge is -2.29. The molecule has 0 saturated heterocycles. The van der Waals surface area contributed by atoms with Gasteiger partial charge in [-0.25, -0.2) is 0 Å². The second kappa shape index (κ2) is 9.87. The number of aliphatic hydroxyl groups is 3. The number of hydrogen-bond acceptors (Lipinski definition) is 8. The lowest BCUT2D eigenvalue weighted by atomic mass is 9.75. The summed E-state index contributed by atoms with van der Waals surface area (Å²) in [6, 6.07) is 0. The van der Waals surface area contributed by atoms with Crippen molar-refractivity contribution in [2.75, 3.05) is 0 Å². The Kier molecular flexibility index (Phi) is 7.10. The van der Waals surface area contributed by atoms with Gasteiger partial charge in [-0.1, -0.05) is 24.3 Å². The maximum absolute atomic E-state index is 13.3. The summed E-state index contributed by atoms with van der Waals surface area (Å²) in [5, 5.41) is 64.6. The van der Waals surface area contributed by atoms with Gasteiger partial charge in [0.2, 0.25) is 5.78 Å². The van der Waals surface area contributed by atoms with Crippen LogP contribution in [-0.2, 0) is 22.4 Å². The predicted molar refractivity (Wildman–Crippen MR) is 135 cm³/mol. The molecule has 0 aliphatic heterocycles. The smallest absolute Gasteiger partial charge is 0.202 e. The molecule has 0 amide bonds. The molecule has 2 aliphatic rings. The molecule has 0 atom stereocenters. The second-order valence-corrected chi connectivity index (χ2v) is 8.14. The van der Waals surface area contributed by atoms with Crippen LogP contribution < -0.4 is 0 Å². The van der Waals surface area contributed by atoms with Gasteiger partial charge in [0, 0.05) is 22.3 Å². The van der Waals surface area contributed by atoms with E-state index in [1.807, 2.05) is 0 Å². The van der Waals surface area contributed by atoms with Gasteiger partial charge >= 0.3 is 0 Å². The first-order valence-electron chi connectivity index (χ1n) is 10.9. The SMILES string of the molecule is C=CCC1=C(O)C(=C2C(=O)C(c3c(O)c(CC=C)c(O)c(CC=C)c3O)=C2O)C(O)=C(CC=C)C1=O. The molecule has 0 radical (unpaired) electrons. The molecule has 0 saturated carbocycles. The number of benzene rings is 1. The third-order valence-electron chi connectivity index (χ3n) is 6.03. The fraction of sp³-hybridized carbons (Fsp3) is 0.143. The summed E-state index contributed by atoms with van der Waals surface area (Å²) < 4.78 is 0. The summed E-state index contributed by atoms with van der Waals surface area (Å²) in [4.78, 5) is 26.1. The number of aliphatic hydroxyl groups excluding tert-OH is 3. The highest BCUT2D eigenvalue weighted by molar-refractivity contribution is 6.40. The highest BCUT2D eigenvalue weighted by Crippen LogP contribution is 2.52. The zero-order chi connectivity index (χ0) is 26.9. The number of rotatable bonds is 9. The third kappa shape index (κ3) is 3.73. The standard InChI is InChI=1S/C28H26O8/c1-5-9-13-21(29)14(10-6-2)24(32)17(23(13)31)19-27(35)20(28(19)36)18-25(33)15(11-7-3)22(30)16(12-8-4)26(18)34/h5-8,29,31-35H,1-4,9-12H2. The normalized spacial score (nSPS) is 15.9. The fourth-order valence-corrected chi connectivity index (χ4v) is 4.31. The Morgan fingerprint density at radius 2 is 0.917 bits per heavy atom. The van der Waals surface area contributed by atoms with Crippen LogP contribution in [0.1, 0.15) is 29.5 Å². The number of allylic oxidation sites excluding steroid dienone is 8. The maximum Gasteiger partial charge on any atom is 0.202 e. The quantitative estimate of drug-likeness (QED) is 0.214. The van der Waals surface area contributed by atoms with E-state index in [2.05, 4.69) is 26.3 Å². The van der Waals surface area contributed by atoms with Crippen molar-refractivity contribution < 1.29 is 40.2 Å². The van der Waals surface area contributed by atoms with Gasteiger partial charge in [0.05, 0.1) is 22.3 Å². The molecule has 1 aromatic rings. The average molecular weight is 491 g/mol. The molecule has 36 heavy (non-hydrogen) atoms. The van der Waals surface area contributed by atoms with Crippen LogP contribution in [-0.4, -0.2) is 42.2 Å². The molecular weight excluding hydrogens is 464 g/mol. The topological polar surface area (TPSA) is 156 Å². The van der Waals surface area contributed by atoms with Crippen molar-refractivity contribution in [2.45, 2.75) is 25.7 Å². The van der Waals surface area contributed by atoms with Crippen LogP contribution in [0.5, 0.6) is 17.2 Å². The van der Waals surface area contributed by atoms with Gasteiger partial charge in [-0.2, -0.15) is 0 Å². The van der Waals surface area contributed by atoms with Crippen LogP contribution in [0.15, 0.2) is 90.2 Å². The Hall–Kier alpha value is -4.72. The minimum atomic E-state index is -0.920. The van der Waals surface area contributed by atoms with E-state index in [9.17, 15) is 40.2 Å². The first-order chi connectivity index (χ1) is 17.1. The van der Waals surface area contributed by atoms with Crippen LogP contribution in [0.4, 0.5) is 0 Å². The number of carbonyl (C=O) groups excluding carboxylic acids is 2. The number of hydrogen-bond donors (Lipinski definition) is 6. The summed E-state index contributed by atoms with van der Waals surface area (Å²) in [5.41, 5.74) is -2.19. The van der Waals surface area contributed by atoms with E-state index in [0.29, 0.717) is 0 Å². The van der Waals surface area contributed by atoms with Gasteiger partial charge in [0.25, 0.3) is 0 Å². The molecule has 186 valence electrons. The molecule has 1 aromatic carbocycles. The largest absolute Gasteiger partial charge is 0.507 e. The Balaban J connectivity index is 2.38. The second-order valence-electron chi connectivity index (χ2n) is 8.14. The molecule has 0 unspecified atom stereocenters. The van der Waals surface area contributed by atoms with Crippen LogP contribution in [0.2, 0.25) is 0 Å². The van der Waals surface area contributed by atoms with Gasteiger partial charge < -0.3 is 30.6 Å². The van der Waals surface area contributed by atoms with E-state index in [4.69, 9.17) is 0 Å². The Morgan fingerprint density at radius 3 is 1.28 bits per heavy atom. The summed E-state index contributed by atoms with van der Waals surface area (Å²) in [6.07, 6.45) is 5.32. The summed E-state index contributed by atoms with van der Waals surface area (Å²) in [6.45, 7) is 14.2. The molecule has 8 nitrogen and oxygen atoms in total. The van der Waals surface area contributed by atoms with Crippen molar-refractivity contribution >= 4 is 17.1 Å². The number of phenols is 3. The molecule has 3 rings (SSSR count). The van der Waals surface area contributed by atoms with E-state index >= 15 is 0 Å². The number of ketones is 2. The maximum atomic E-state index is 13.3. The van der Waals surface area contributed by atoms with Crippen molar-refractivity contribution in [1.82, 2.24) is 0 Å². The average Bonchev–Trinajstić information content (AvgIpc) is 2.85. The number of Topliss-reactive ketones (excluding diaryl/α,β-unsaturated/α-hetero) is 2. The predicted octanol–water partition coefficient (Wildman–Crippen LogP) is 4.77. The fourth-order valence-electron chi connectivity index (χ4n) is 4.31. The van der Waals surface area contributed by atoms with E-state index in [0.717, 1.165) is 0 Å². The van der Waals surface area contributed by atoms with Gasteiger partial charge in [-0.15, -0.1) is 26.3 Å². The van der Waals surface area contributed by atoms with Gasteiger partial charge in [0.1, 0.15) is 34.5 Å². The summed E-state index contributed by atoms with van der Waals surface area (Å²) >= 11 is 0. The van der Waals surface area contributed by atoms with Crippen molar-refractivity contribution in [2.24, 2.45) is 0 Å². The summed E-state index contributed by atoms with van der Waals surface area (Å²) in [5.74, 6) is -5.39. The molecule has 6 N–H and O–H groups in total. The lowest BCUT2D eigenvalue weighted by molar-refractivity contribution is -0.113. The molecular formula is C28H26O8. The number of phenolic OH excluding ortho intramolecular Hbond substituents is 3. The van der Waals surface area contributed by atoms with Crippen LogP contribution in [0.3, 0.4) is 0 Å². The van der Waals surface area contributed by atoms with Crippen molar-refractivity contribution in [1.29, 1.82) is 0 Å². The molecule has 2 aliphatic carbocycles. The Morgan fingerprint density at radius 1 is 0.500 bits per heavy atom. The van der Waals surface area contributed by atoms with Gasteiger partial charge in [-0.05, 0) is 25.7 Å². The molecule has 0 heterocycles.